The van der Waals surface area contributed by atoms with Crippen LogP contribution < -0.4 is 9.79 Å². The van der Waals surface area contributed by atoms with E-state index < -0.39 is 7.82 Å². The molecule has 0 atom stereocenters. The van der Waals surface area contributed by atoms with E-state index in [0.717, 1.165) is 0 Å². The van der Waals surface area contributed by atoms with E-state index in [1.165, 1.54) is 61.3 Å². The van der Waals surface area contributed by atoms with E-state index in [1.807, 2.05) is 0 Å². The normalized spacial score (nSPS) is 12.0. The monoisotopic (exact) mass is 372 g/mol. The first-order chi connectivity index (χ1) is 11.0. The van der Waals surface area contributed by atoms with Gasteiger partial charge in [0.1, 0.15) is 0 Å². The van der Waals surface area contributed by atoms with E-state index in [9.17, 15) is 0 Å². The molecule has 0 unspecified atom stereocenters. The lowest BCUT2D eigenvalue weighted by Gasteiger charge is -2.34. The van der Waals surface area contributed by atoms with Crippen LogP contribution in [-0.2, 0) is 9.24 Å². The smallest absolute Gasteiger partial charge is 0.0998 e. The largest absolute Gasteiger partial charge is 0.788 e. The summed E-state index contributed by atoms with van der Waals surface area (Å²) in [4.78, 5) is 18.0. The van der Waals surface area contributed by atoms with Gasteiger partial charge in [0.25, 0.3) is 0 Å². The van der Waals surface area contributed by atoms with Crippen molar-refractivity contribution in [2.24, 2.45) is 0 Å². The van der Waals surface area contributed by atoms with Crippen molar-refractivity contribution in [1.82, 2.24) is 0 Å². The SMILES string of the molecule is CC[N+](CC)(CC)CC.CC[N+](CC)(CC)CC.O=P([O-])([O-])OO. The Morgan fingerprint density at radius 1 is 0.667 bits per heavy atom. The van der Waals surface area contributed by atoms with Gasteiger partial charge >= 0.3 is 0 Å². The Labute approximate surface area is 149 Å². The van der Waals surface area contributed by atoms with Crippen LogP contribution in [0.15, 0.2) is 0 Å². The molecule has 0 spiro atoms. The van der Waals surface area contributed by atoms with E-state index in [-0.39, 0.29) is 0 Å². The highest BCUT2D eigenvalue weighted by Gasteiger charge is 2.16. The van der Waals surface area contributed by atoms with Crippen molar-refractivity contribution >= 4 is 7.82 Å². The summed E-state index contributed by atoms with van der Waals surface area (Å²) < 4.78 is 13.9. The van der Waals surface area contributed by atoms with E-state index >= 15 is 0 Å². The quantitative estimate of drug-likeness (QED) is 0.289. The zero-order chi connectivity index (χ0) is 19.9. The number of hydrogen-bond acceptors (Lipinski definition) is 5. The molecule has 0 aromatic heterocycles. The van der Waals surface area contributed by atoms with Crippen LogP contribution in [0.4, 0.5) is 0 Å². The van der Waals surface area contributed by atoms with Crippen LogP contribution in [0.2, 0.25) is 0 Å². The van der Waals surface area contributed by atoms with Gasteiger partial charge in [-0.3, -0.25) is 0 Å². The van der Waals surface area contributed by atoms with Crippen LogP contribution in [0, 0.1) is 0 Å². The van der Waals surface area contributed by atoms with Crippen molar-refractivity contribution < 1.29 is 33.2 Å². The fourth-order valence-corrected chi connectivity index (χ4v) is 2.68. The zero-order valence-corrected chi connectivity index (χ0v) is 18.0. The van der Waals surface area contributed by atoms with Gasteiger partial charge in [0.15, 0.2) is 0 Å². The maximum Gasteiger partial charge on any atom is 0.0998 e. The zero-order valence-electron chi connectivity index (χ0n) is 17.1. The summed E-state index contributed by atoms with van der Waals surface area (Å²) in [5.41, 5.74) is 0. The minimum absolute atomic E-state index is 1.28. The second kappa shape index (κ2) is 15.3. The summed E-state index contributed by atoms with van der Waals surface area (Å²) in [6.45, 7) is 28.4. The standard InChI is InChI=1S/2C8H20N.H3O5P/c2*1-5-9(6-2,7-3)8-4;1-5-6(2,3)4/h2*5-8H2,1-4H3;1H,(H2,2,3,4)/q2*+1;/p-2. The minimum Gasteiger partial charge on any atom is -0.788 e. The van der Waals surface area contributed by atoms with Crippen molar-refractivity contribution in [2.45, 2.75) is 55.4 Å². The van der Waals surface area contributed by atoms with Gasteiger partial charge in [0.2, 0.25) is 0 Å². The molecule has 0 aliphatic heterocycles. The molecular weight excluding hydrogens is 331 g/mol. The molecule has 0 aromatic carbocycles. The molecule has 0 aliphatic carbocycles. The summed E-state index contributed by atoms with van der Waals surface area (Å²) in [5.74, 6) is 0. The summed E-state index contributed by atoms with van der Waals surface area (Å²) in [5, 5.41) is 7.01. The second-order valence-corrected chi connectivity index (χ2v) is 6.80. The molecule has 7 nitrogen and oxygen atoms in total. The average Bonchev–Trinajstić information content (AvgIpc) is 2.60. The molecule has 0 saturated carbocycles. The predicted octanol–water partition coefficient (Wildman–Crippen LogP) is 2.07. The lowest BCUT2D eigenvalue weighted by atomic mass is 10.3. The number of hydrogen-bond donors (Lipinski definition) is 1. The molecule has 150 valence electrons. The average molecular weight is 372 g/mol. The second-order valence-electron chi connectivity index (χ2n) is 5.74. The number of nitrogens with zero attached hydrogens (tertiary/aromatic N) is 2. The molecule has 0 bridgehead atoms. The fourth-order valence-electron chi connectivity index (χ4n) is 2.68. The van der Waals surface area contributed by atoms with E-state index in [4.69, 9.17) is 19.6 Å². The van der Waals surface area contributed by atoms with Gasteiger partial charge in [-0.25, -0.2) is 9.93 Å². The van der Waals surface area contributed by atoms with Crippen molar-refractivity contribution in [3.63, 3.8) is 0 Å². The molecule has 0 radical (unpaired) electrons. The Kier molecular flexibility index (Phi) is 18.3. The van der Waals surface area contributed by atoms with Gasteiger partial charge in [-0.05, 0) is 55.4 Å². The van der Waals surface area contributed by atoms with Crippen LogP contribution in [0.3, 0.4) is 0 Å². The molecule has 0 rings (SSSR count). The maximum absolute atomic E-state index is 9.00. The van der Waals surface area contributed by atoms with Gasteiger partial charge in [0, 0.05) is 0 Å². The summed E-state index contributed by atoms with van der Waals surface area (Å²) >= 11 is 0. The van der Waals surface area contributed by atoms with Crippen LogP contribution in [0.25, 0.3) is 0 Å². The van der Waals surface area contributed by atoms with Crippen LogP contribution in [0.1, 0.15) is 55.4 Å². The van der Waals surface area contributed by atoms with Crippen molar-refractivity contribution in [3.05, 3.63) is 0 Å². The van der Waals surface area contributed by atoms with Crippen molar-refractivity contribution in [1.29, 1.82) is 0 Å². The third kappa shape index (κ3) is 13.3. The molecule has 24 heavy (non-hydrogen) atoms. The lowest BCUT2D eigenvalue weighted by Crippen LogP contribution is -2.47. The first-order valence-corrected chi connectivity index (χ1v) is 10.6. The highest BCUT2D eigenvalue weighted by Crippen LogP contribution is 2.20. The molecule has 0 heterocycles. The molecule has 0 fully saturated rings. The molecule has 0 amide bonds. The van der Waals surface area contributed by atoms with Gasteiger partial charge in [-0.1, -0.05) is 0 Å². The molecular formula is C16H41N2O5P. The highest BCUT2D eigenvalue weighted by atomic mass is 31.2. The van der Waals surface area contributed by atoms with E-state index in [1.54, 1.807) is 0 Å². The molecule has 8 heteroatoms. The first-order valence-electron chi connectivity index (χ1n) is 9.10. The predicted molar refractivity (Wildman–Crippen MR) is 96.2 cm³/mol. The topological polar surface area (TPSA) is 92.7 Å². The highest BCUT2D eigenvalue weighted by molar-refractivity contribution is 7.43. The van der Waals surface area contributed by atoms with Crippen molar-refractivity contribution in [3.8, 4) is 0 Å². The van der Waals surface area contributed by atoms with Gasteiger partial charge in [-0.15, -0.1) is 0 Å². The van der Waals surface area contributed by atoms with Crippen molar-refractivity contribution in [2.75, 3.05) is 52.4 Å². The lowest BCUT2D eigenvalue weighted by molar-refractivity contribution is -0.921. The van der Waals surface area contributed by atoms with Crippen LogP contribution in [0.5, 0.6) is 0 Å². The molecule has 0 aliphatic rings. The minimum atomic E-state index is -5.09. The molecule has 0 saturated heterocycles. The number of quaternary nitrogens is 2. The molecule has 1 N–H and O–H groups in total. The van der Waals surface area contributed by atoms with Gasteiger partial charge in [-0.2, -0.15) is 0 Å². The third-order valence-corrected chi connectivity index (χ3v) is 5.67. The fraction of sp³-hybridized carbons (Fsp3) is 1.00. The van der Waals surface area contributed by atoms with Gasteiger partial charge in [0.05, 0.1) is 60.2 Å². The maximum atomic E-state index is 9.00. The Bertz CT molecular complexity index is 261. The number of phosphoric acid groups is 1. The van der Waals surface area contributed by atoms with E-state index in [0.29, 0.717) is 0 Å². The van der Waals surface area contributed by atoms with E-state index in [2.05, 4.69) is 60.1 Å². The Balaban J connectivity index is -0.000000282. The summed E-state index contributed by atoms with van der Waals surface area (Å²) in [6.07, 6.45) is 0. The summed E-state index contributed by atoms with van der Waals surface area (Å²) in [6, 6.07) is 0. The van der Waals surface area contributed by atoms with Crippen LogP contribution in [-0.4, -0.2) is 66.6 Å². The Morgan fingerprint density at radius 3 is 0.792 bits per heavy atom. The van der Waals surface area contributed by atoms with Gasteiger partial charge < -0.3 is 23.3 Å². The summed E-state index contributed by atoms with van der Waals surface area (Å²) in [7, 11) is -5.09. The molecule has 0 aromatic rings. The van der Waals surface area contributed by atoms with Crippen LogP contribution >= 0.6 is 7.82 Å². The Hall–Kier alpha value is -0.0100. The third-order valence-electron chi connectivity index (χ3n) is 5.47. The number of rotatable bonds is 9. The first kappa shape index (κ1) is 28.8. The Morgan fingerprint density at radius 2 is 0.792 bits per heavy atom.